The zero-order chi connectivity index (χ0) is 13.7. The van der Waals surface area contributed by atoms with Crippen molar-refractivity contribution in [1.29, 1.82) is 0 Å². The van der Waals surface area contributed by atoms with Crippen molar-refractivity contribution in [3.63, 3.8) is 0 Å². The molecular weight excluding hydrogens is 242 g/mol. The van der Waals surface area contributed by atoms with Crippen molar-refractivity contribution >= 4 is 12.4 Å². The number of hydrogen-bond acceptors (Lipinski definition) is 2. The standard InChI is InChI=1S/C15H25NO3/c17-10-16-14-8-4-2-6-12(14)9-11-5-1-3-7-13(11)15(18)19/h10-14H,1-9H2,(H,16,17)(H,18,19). The van der Waals surface area contributed by atoms with Crippen LogP contribution in [-0.2, 0) is 9.59 Å². The number of carboxylic acid groups (broad SMARTS) is 1. The van der Waals surface area contributed by atoms with Crippen molar-refractivity contribution in [2.45, 2.75) is 63.8 Å². The lowest BCUT2D eigenvalue weighted by Crippen LogP contribution is -2.40. The van der Waals surface area contributed by atoms with Gasteiger partial charge in [-0.05, 0) is 43.9 Å². The van der Waals surface area contributed by atoms with Gasteiger partial charge in [0.2, 0.25) is 6.41 Å². The summed E-state index contributed by atoms with van der Waals surface area (Å²) in [7, 11) is 0. The van der Waals surface area contributed by atoms with Gasteiger partial charge in [-0.2, -0.15) is 0 Å². The van der Waals surface area contributed by atoms with E-state index in [1.807, 2.05) is 0 Å². The summed E-state index contributed by atoms with van der Waals surface area (Å²) < 4.78 is 0. The molecular formula is C15H25NO3. The minimum atomic E-state index is -0.625. The van der Waals surface area contributed by atoms with Gasteiger partial charge in [0.1, 0.15) is 0 Å². The third-order valence-corrected chi connectivity index (χ3v) is 5.02. The Morgan fingerprint density at radius 2 is 1.68 bits per heavy atom. The van der Waals surface area contributed by atoms with Crippen LogP contribution in [0.5, 0.6) is 0 Å². The number of carbonyl (C=O) groups is 2. The Morgan fingerprint density at radius 3 is 2.37 bits per heavy atom. The van der Waals surface area contributed by atoms with Crippen LogP contribution in [-0.4, -0.2) is 23.5 Å². The molecule has 2 aliphatic carbocycles. The maximum Gasteiger partial charge on any atom is 0.306 e. The van der Waals surface area contributed by atoms with E-state index >= 15 is 0 Å². The summed E-state index contributed by atoms with van der Waals surface area (Å²) in [5.41, 5.74) is 0. The summed E-state index contributed by atoms with van der Waals surface area (Å²) in [5, 5.41) is 12.3. The molecule has 0 bridgehead atoms. The molecule has 0 aromatic rings. The summed E-state index contributed by atoms with van der Waals surface area (Å²) in [4.78, 5) is 22.0. The molecule has 0 radical (unpaired) electrons. The normalized spacial score (nSPS) is 35.6. The van der Waals surface area contributed by atoms with Gasteiger partial charge in [-0.15, -0.1) is 0 Å². The third-order valence-electron chi connectivity index (χ3n) is 5.02. The molecule has 2 aliphatic rings. The van der Waals surface area contributed by atoms with Crippen molar-refractivity contribution in [1.82, 2.24) is 5.32 Å². The molecule has 0 aromatic heterocycles. The Morgan fingerprint density at radius 1 is 1.05 bits per heavy atom. The van der Waals surface area contributed by atoms with E-state index in [9.17, 15) is 14.7 Å². The van der Waals surface area contributed by atoms with Crippen LogP contribution in [0.15, 0.2) is 0 Å². The maximum absolute atomic E-state index is 11.3. The Labute approximate surface area is 115 Å². The quantitative estimate of drug-likeness (QED) is 0.752. The van der Waals surface area contributed by atoms with Gasteiger partial charge in [0.05, 0.1) is 5.92 Å². The van der Waals surface area contributed by atoms with Crippen molar-refractivity contribution in [2.75, 3.05) is 0 Å². The van der Waals surface area contributed by atoms with Crippen molar-refractivity contribution in [3.8, 4) is 0 Å². The highest BCUT2D eigenvalue weighted by molar-refractivity contribution is 5.70. The Bertz CT molecular complexity index is 319. The van der Waals surface area contributed by atoms with Gasteiger partial charge in [-0.3, -0.25) is 9.59 Å². The lowest BCUT2D eigenvalue weighted by atomic mass is 9.71. The number of carbonyl (C=O) groups excluding carboxylic acids is 1. The second-order valence-electron chi connectivity index (χ2n) is 6.16. The zero-order valence-electron chi connectivity index (χ0n) is 11.5. The summed E-state index contributed by atoms with van der Waals surface area (Å²) in [6, 6.07) is 0.266. The van der Waals surface area contributed by atoms with E-state index in [1.54, 1.807) is 0 Å². The van der Waals surface area contributed by atoms with Gasteiger partial charge < -0.3 is 10.4 Å². The molecule has 19 heavy (non-hydrogen) atoms. The molecule has 108 valence electrons. The Hall–Kier alpha value is -1.06. The molecule has 4 atom stereocenters. The first-order chi connectivity index (χ1) is 9.22. The first-order valence-electron chi connectivity index (χ1n) is 7.65. The predicted octanol–water partition coefficient (Wildman–Crippen LogP) is 2.57. The lowest BCUT2D eigenvalue weighted by molar-refractivity contribution is -0.145. The fourth-order valence-corrected chi connectivity index (χ4v) is 4.00. The van der Waals surface area contributed by atoms with Gasteiger partial charge in [0.15, 0.2) is 0 Å². The minimum Gasteiger partial charge on any atom is -0.481 e. The monoisotopic (exact) mass is 267 g/mol. The predicted molar refractivity (Wildman–Crippen MR) is 72.6 cm³/mol. The highest BCUT2D eigenvalue weighted by atomic mass is 16.4. The summed E-state index contributed by atoms with van der Waals surface area (Å²) in [5.74, 6) is 0.00201. The SMILES string of the molecule is O=CNC1CCCCC1CC1CCCCC1C(=O)O. The smallest absolute Gasteiger partial charge is 0.306 e. The molecule has 2 rings (SSSR count). The summed E-state index contributed by atoms with van der Waals surface area (Å²) in [6.45, 7) is 0. The van der Waals surface area contributed by atoms with Crippen molar-refractivity contribution in [2.24, 2.45) is 17.8 Å². The molecule has 4 nitrogen and oxygen atoms in total. The molecule has 4 heteroatoms. The number of amides is 1. The van der Waals surface area contributed by atoms with Crippen molar-refractivity contribution < 1.29 is 14.7 Å². The van der Waals surface area contributed by atoms with E-state index in [0.717, 1.165) is 51.4 Å². The average molecular weight is 267 g/mol. The van der Waals surface area contributed by atoms with Crippen LogP contribution in [0.4, 0.5) is 0 Å². The molecule has 0 aromatic carbocycles. The summed E-state index contributed by atoms with van der Waals surface area (Å²) >= 11 is 0. The maximum atomic E-state index is 11.3. The molecule has 2 saturated carbocycles. The molecule has 0 spiro atoms. The van der Waals surface area contributed by atoms with Gasteiger partial charge >= 0.3 is 5.97 Å². The minimum absolute atomic E-state index is 0.160. The Kier molecular flexibility index (Phi) is 5.23. The first-order valence-corrected chi connectivity index (χ1v) is 7.65. The second kappa shape index (κ2) is 6.92. The van der Waals surface area contributed by atoms with E-state index in [4.69, 9.17) is 0 Å². The number of rotatable bonds is 5. The van der Waals surface area contributed by atoms with Crippen LogP contribution in [0, 0.1) is 17.8 Å². The molecule has 0 aliphatic heterocycles. The van der Waals surface area contributed by atoms with Crippen LogP contribution in [0.25, 0.3) is 0 Å². The fourth-order valence-electron chi connectivity index (χ4n) is 4.00. The van der Waals surface area contributed by atoms with Crippen LogP contribution >= 0.6 is 0 Å². The summed E-state index contributed by atoms with van der Waals surface area (Å²) in [6.07, 6.45) is 10.4. The average Bonchev–Trinajstić information content (AvgIpc) is 2.42. The van der Waals surface area contributed by atoms with E-state index in [-0.39, 0.29) is 12.0 Å². The Balaban J connectivity index is 1.96. The van der Waals surface area contributed by atoms with E-state index < -0.39 is 5.97 Å². The van der Waals surface area contributed by atoms with Crippen LogP contribution in [0.1, 0.15) is 57.8 Å². The molecule has 0 heterocycles. The van der Waals surface area contributed by atoms with E-state index in [1.165, 1.54) is 12.8 Å². The van der Waals surface area contributed by atoms with Crippen LogP contribution in [0.3, 0.4) is 0 Å². The molecule has 1 amide bonds. The number of hydrogen-bond donors (Lipinski definition) is 2. The lowest BCUT2D eigenvalue weighted by Gasteiger charge is -2.37. The molecule has 2 fully saturated rings. The third kappa shape index (κ3) is 3.71. The molecule has 0 saturated heterocycles. The van der Waals surface area contributed by atoms with Gasteiger partial charge in [0.25, 0.3) is 0 Å². The highest BCUT2D eigenvalue weighted by Crippen LogP contribution is 2.38. The van der Waals surface area contributed by atoms with E-state index in [0.29, 0.717) is 11.8 Å². The second-order valence-corrected chi connectivity index (χ2v) is 6.16. The number of carboxylic acids is 1. The largest absolute Gasteiger partial charge is 0.481 e. The van der Waals surface area contributed by atoms with Gasteiger partial charge in [0, 0.05) is 6.04 Å². The highest BCUT2D eigenvalue weighted by Gasteiger charge is 2.35. The van der Waals surface area contributed by atoms with Crippen molar-refractivity contribution in [3.05, 3.63) is 0 Å². The zero-order valence-corrected chi connectivity index (χ0v) is 11.5. The fraction of sp³-hybridized carbons (Fsp3) is 0.867. The van der Waals surface area contributed by atoms with E-state index in [2.05, 4.69) is 5.32 Å². The van der Waals surface area contributed by atoms with Crippen LogP contribution < -0.4 is 5.32 Å². The molecule has 2 N–H and O–H groups in total. The first kappa shape index (κ1) is 14.4. The topological polar surface area (TPSA) is 66.4 Å². The molecule has 4 unspecified atom stereocenters. The van der Waals surface area contributed by atoms with Crippen LogP contribution in [0.2, 0.25) is 0 Å². The van der Waals surface area contributed by atoms with Gasteiger partial charge in [-0.1, -0.05) is 25.7 Å². The number of nitrogens with one attached hydrogen (secondary N) is 1. The van der Waals surface area contributed by atoms with Gasteiger partial charge in [-0.25, -0.2) is 0 Å². The number of aliphatic carboxylic acids is 1.